The van der Waals surface area contributed by atoms with Gasteiger partial charge in [-0.3, -0.25) is 30.3 Å². The molecule has 9 nitrogen and oxygen atoms in total. The van der Waals surface area contributed by atoms with Crippen LogP contribution in [-0.4, -0.2) is 14.8 Å². The molecule has 0 unspecified atom stereocenters. The topological polar surface area (TPSA) is 129 Å². The lowest BCUT2D eigenvalue weighted by molar-refractivity contribution is -0.403. The van der Waals surface area contributed by atoms with Gasteiger partial charge in [-0.15, -0.1) is 11.3 Å². The average molecular weight is 335 g/mol. The predicted octanol–water partition coefficient (Wildman–Crippen LogP) is 3.95. The number of rotatable bonds is 5. The van der Waals surface area contributed by atoms with E-state index in [-0.39, 0.29) is 5.56 Å². The third-order valence-corrected chi connectivity index (χ3v) is 3.87. The Balaban J connectivity index is 2.63. The second kappa shape index (κ2) is 6.32. The van der Waals surface area contributed by atoms with Crippen LogP contribution in [0.2, 0.25) is 0 Å². The zero-order valence-electron chi connectivity index (χ0n) is 11.7. The maximum atomic E-state index is 11.1. The highest BCUT2D eigenvalue weighted by Gasteiger charge is 2.28. The Kier molecular flexibility index (Phi) is 4.46. The minimum atomic E-state index is -0.907. The number of nitrogens with zero attached hydrogens (tertiary/aromatic N) is 3. The summed E-state index contributed by atoms with van der Waals surface area (Å²) in [7, 11) is 0. The molecule has 0 saturated carbocycles. The van der Waals surface area contributed by atoms with Gasteiger partial charge < -0.3 is 0 Å². The lowest BCUT2D eigenvalue weighted by atomic mass is 10.1. The first kappa shape index (κ1) is 16.2. The van der Waals surface area contributed by atoms with E-state index in [1.807, 2.05) is 13.0 Å². The van der Waals surface area contributed by atoms with Gasteiger partial charge in [-0.1, -0.05) is 0 Å². The summed E-state index contributed by atoms with van der Waals surface area (Å²) in [6.45, 7) is 1.87. The van der Waals surface area contributed by atoms with Gasteiger partial charge in [0, 0.05) is 9.75 Å². The normalized spacial score (nSPS) is 10.8. The quantitative estimate of drug-likeness (QED) is 0.600. The Labute approximate surface area is 132 Å². The van der Waals surface area contributed by atoms with Crippen LogP contribution in [0, 0.1) is 37.3 Å². The minimum Gasteiger partial charge on any atom is -0.258 e. The molecule has 0 N–H and O–H groups in total. The van der Waals surface area contributed by atoms with E-state index in [0.29, 0.717) is 12.1 Å². The van der Waals surface area contributed by atoms with E-state index in [1.54, 1.807) is 6.07 Å². The predicted molar refractivity (Wildman–Crippen MR) is 84.4 cm³/mol. The molecule has 0 amide bonds. The molecule has 23 heavy (non-hydrogen) atoms. The molecule has 1 aromatic carbocycles. The Morgan fingerprint density at radius 3 is 1.87 bits per heavy atom. The van der Waals surface area contributed by atoms with E-state index in [9.17, 15) is 30.3 Å². The Morgan fingerprint density at radius 2 is 1.48 bits per heavy atom. The molecule has 0 saturated heterocycles. The van der Waals surface area contributed by atoms with Gasteiger partial charge in [0.15, 0.2) is 0 Å². The number of aryl methyl sites for hydroxylation is 1. The van der Waals surface area contributed by atoms with E-state index in [1.165, 1.54) is 23.5 Å². The van der Waals surface area contributed by atoms with Crippen LogP contribution in [0.4, 0.5) is 17.1 Å². The third kappa shape index (κ3) is 3.55. The lowest BCUT2D eigenvalue weighted by Crippen LogP contribution is -2.00. The van der Waals surface area contributed by atoms with Crippen molar-refractivity contribution >= 4 is 40.6 Å². The van der Waals surface area contributed by atoms with E-state index in [4.69, 9.17) is 0 Å². The van der Waals surface area contributed by atoms with Crippen molar-refractivity contribution in [1.29, 1.82) is 0 Å². The zero-order valence-corrected chi connectivity index (χ0v) is 12.5. The highest BCUT2D eigenvalue weighted by Crippen LogP contribution is 2.35. The number of non-ortho nitro benzene ring substituents is 1. The van der Waals surface area contributed by atoms with Crippen molar-refractivity contribution in [2.45, 2.75) is 6.92 Å². The van der Waals surface area contributed by atoms with Crippen LogP contribution in [0.25, 0.3) is 12.2 Å². The molecule has 0 fully saturated rings. The Hall–Kier alpha value is -3.14. The fourth-order valence-electron chi connectivity index (χ4n) is 1.90. The SMILES string of the molecule is Cc1ccc(C=Cc2c([N+](=O)[O-])cc([N+](=O)[O-])cc2[N+](=O)[O-])s1. The fourth-order valence-corrected chi connectivity index (χ4v) is 2.68. The van der Waals surface area contributed by atoms with Gasteiger partial charge in [0.2, 0.25) is 0 Å². The van der Waals surface area contributed by atoms with Crippen LogP contribution < -0.4 is 0 Å². The molecule has 0 radical (unpaired) electrons. The molecule has 0 aliphatic rings. The van der Waals surface area contributed by atoms with Gasteiger partial charge in [0.1, 0.15) is 5.56 Å². The summed E-state index contributed by atoms with van der Waals surface area (Å²) in [4.78, 5) is 32.1. The van der Waals surface area contributed by atoms with Crippen LogP contribution in [0.1, 0.15) is 15.3 Å². The van der Waals surface area contributed by atoms with Crippen LogP contribution in [0.5, 0.6) is 0 Å². The van der Waals surface area contributed by atoms with Crippen LogP contribution >= 0.6 is 11.3 Å². The molecule has 1 aromatic heterocycles. The summed E-state index contributed by atoms with van der Waals surface area (Å²) >= 11 is 1.41. The fraction of sp³-hybridized carbons (Fsp3) is 0.0769. The number of nitro groups is 3. The van der Waals surface area contributed by atoms with E-state index < -0.39 is 31.8 Å². The molecule has 0 bridgehead atoms. The Bertz CT molecular complexity index is 807. The zero-order chi connectivity index (χ0) is 17.1. The first-order chi connectivity index (χ1) is 10.8. The van der Waals surface area contributed by atoms with Crippen molar-refractivity contribution in [3.8, 4) is 0 Å². The number of benzene rings is 1. The molecule has 118 valence electrons. The van der Waals surface area contributed by atoms with E-state index >= 15 is 0 Å². The molecular formula is C13H9N3O6S. The first-order valence-electron chi connectivity index (χ1n) is 6.15. The molecular weight excluding hydrogens is 326 g/mol. The summed E-state index contributed by atoms with van der Waals surface area (Å²) in [5.41, 5.74) is -2.35. The smallest absolute Gasteiger partial charge is 0.258 e. The summed E-state index contributed by atoms with van der Waals surface area (Å²) in [6, 6.07) is 5.03. The Morgan fingerprint density at radius 1 is 0.913 bits per heavy atom. The number of hydrogen-bond acceptors (Lipinski definition) is 7. The molecule has 0 aliphatic heterocycles. The van der Waals surface area contributed by atoms with Crippen molar-refractivity contribution in [1.82, 2.24) is 0 Å². The first-order valence-corrected chi connectivity index (χ1v) is 6.97. The van der Waals surface area contributed by atoms with Gasteiger partial charge in [-0.25, -0.2) is 0 Å². The summed E-state index contributed by atoms with van der Waals surface area (Å²) in [5, 5.41) is 33.0. The van der Waals surface area contributed by atoms with Crippen molar-refractivity contribution in [2.24, 2.45) is 0 Å². The number of thiophene rings is 1. The molecule has 2 aromatic rings. The maximum Gasteiger partial charge on any atom is 0.290 e. The van der Waals surface area contributed by atoms with Gasteiger partial charge in [0.25, 0.3) is 17.1 Å². The average Bonchev–Trinajstić information content (AvgIpc) is 2.89. The van der Waals surface area contributed by atoms with Gasteiger partial charge in [-0.2, -0.15) is 0 Å². The van der Waals surface area contributed by atoms with Crippen molar-refractivity contribution in [2.75, 3.05) is 0 Å². The monoisotopic (exact) mass is 335 g/mol. The standard InChI is InChI=1S/C13H9N3O6S/c1-8-2-3-10(23-8)4-5-11-12(15(19)20)6-9(14(17)18)7-13(11)16(21)22/h2-7H,1H3. The highest BCUT2D eigenvalue weighted by atomic mass is 32.1. The molecule has 0 atom stereocenters. The molecule has 1 heterocycles. The molecule has 0 aliphatic carbocycles. The van der Waals surface area contributed by atoms with Gasteiger partial charge >= 0.3 is 0 Å². The minimum absolute atomic E-state index is 0.281. The van der Waals surface area contributed by atoms with E-state index in [2.05, 4.69) is 0 Å². The molecule has 10 heteroatoms. The highest BCUT2D eigenvalue weighted by molar-refractivity contribution is 7.12. The van der Waals surface area contributed by atoms with Crippen molar-refractivity contribution < 1.29 is 14.8 Å². The summed E-state index contributed by atoms with van der Waals surface area (Å²) < 4.78 is 0. The second-order valence-corrected chi connectivity index (χ2v) is 5.77. The van der Waals surface area contributed by atoms with Crippen LogP contribution in [-0.2, 0) is 0 Å². The van der Waals surface area contributed by atoms with Gasteiger partial charge in [0.05, 0.1) is 26.9 Å². The van der Waals surface area contributed by atoms with Crippen LogP contribution in [0.15, 0.2) is 24.3 Å². The second-order valence-electron chi connectivity index (χ2n) is 4.45. The largest absolute Gasteiger partial charge is 0.290 e. The third-order valence-electron chi connectivity index (χ3n) is 2.90. The number of hydrogen-bond donors (Lipinski definition) is 0. The lowest BCUT2D eigenvalue weighted by Gasteiger charge is -2.00. The van der Waals surface area contributed by atoms with Crippen LogP contribution in [0.3, 0.4) is 0 Å². The molecule has 2 rings (SSSR count). The summed E-state index contributed by atoms with van der Waals surface area (Å²) in [5.74, 6) is 0. The van der Waals surface area contributed by atoms with Gasteiger partial charge in [-0.05, 0) is 31.2 Å². The number of nitro benzene ring substituents is 3. The van der Waals surface area contributed by atoms with Crippen molar-refractivity contribution in [3.63, 3.8) is 0 Å². The van der Waals surface area contributed by atoms with Crippen molar-refractivity contribution in [3.05, 3.63) is 69.9 Å². The maximum absolute atomic E-state index is 11.1. The summed E-state index contributed by atoms with van der Waals surface area (Å²) in [6.07, 6.45) is 2.73. The molecule has 0 spiro atoms. The van der Waals surface area contributed by atoms with E-state index in [0.717, 1.165) is 9.75 Å².